The minimum atomic E-state index is 0.495. The van der Waals surface area contributed by atoms with E-state index in [2.05, 4.69) is 16.4 Å². The summed E-state index contributed by atoms with van der Waals surface area (Å²) >= 11 is 0. The number of ether oxygens (including phenoxy) is 1. The van der Waals surface area contributed by atoms with E-state index in [0.29, 0.717) is 11.4 Å². The number of anilines is 2. The molecule has 0 saturated heterocycles. The molecule has 2 aromatic carbocycles. The Bertz CT molecular complexity index is 854. The van der Waals surface area contributed by atoms with Gasteiger partial charge in [0.15, 0.2) is 0 Å². The van der Waals surface area contributed by atoms with Crippen molar-refractivity contribution in [3.8, 4) is 22.9 Å². The van der Waals surface area contributed by atoms with Gasteiger partial charge in [-0.3, -0.25) is 0 Å². The number of pyridine rings is 1. The molecule has 1 N–H and O–H groups in total. The Morgan fingerprint density at radius 3 is 2.57 bits per heavy atom. The van der Waals surface area contributed by atoms with E-state index in [-0.39, 0.29) is 0 Å². The number of hydrogen-bond donors (Lipinski definition) is 1. The average Bonchev–Trinajstić information content (AvgIpc) is 2.63. The Balaban J connectivity index is 1.93. The first-order valence-electron chi connectivity index (χ1n) is 7.17. The van der Waals surface area contributed by atoms with Crippen LogP contribution in [0.15, 0.2) is 66.9 Å². The predicted molar refractivity (Wildman–Crippen MR) is 90.7 cm³/mol. The second-order valence-electron chi connectivity index (χ2n) is 4.95. The van der Waals surface area contributed by atoms with Crippen molar-refractivity contribution in [2.24, 2.45) is 0 Å². The van der Waals surface area contributed by atoms with Crippen LogP contribution in [-0.2, 0) is 0 Å². The molecule has 23 heavy (non-hydrogen) atoms. The van der Waals surface area contributed by atoms with Crippen LogP contribution in [0.5, 0.6) is 5.75 Å². The molecule has 0 amide bonds. The number of benzene rings is 2. The van der Waals surface area contributed by atoms with E-state index in [1.54, 1.807) is 13.3 Å². The summed E-state index contributed by atoms with van der Waals surface area (Å²) < 4.78 is 5.20. The standard InChI is InChI=1S/C19H15N3O/c1-23-18-9-5-8-17(11-18)22-19-15(12-20)10-16(13-21-19)14-6-3-2-4-7-14/h2-11,13H,1H3,(H,21,22). The van der Waals surface area contributed by atoms with E-state index in [4.69, 9.17) is 4.74 Å². The minimum absolute atomic E-state index is 0.495. The van der Waals surface area contributed by atoms with Crippen molar-refractivity contribution in [2.45, 2.75) is 0 Å². The van der Waals surface area contributed by atoms with Crippen molar-refractivity contribution in [3.63, 3.8) is 0 Å². The molecule has 0 fully saturated rings. The monoisotopic (exact) mass is 301 g/mol. The number of hydrogen-bond acceptors (Lipinski definition) is 4. The molecule has 0 aliphatic heterocycles. The molecule has 4 nitrogen and oxygen atoms in total. The zero-order chi connectivity index (χ0) is 16.1. The van der Waals surface area contributed by atoms with E-state index in [0.717, 1.165) is 22.6 Å². The summed E-state index contributed by atoms with van der Waals surface area (Å²) in [5.74, 6) is 1.27. The third-order valence-electron chi connectivity index (χ3n) is 3.45. The van der Waals surface area contributed by atoms with E-state index < -0.39 is 0 Å². The predicted octanol–water partition coefficient (Wildman–Crippen LogP) is 4.37. The fourth-order valence-corrected chi connectivity index (χ4v) is 2.28. The highest BCUT2D eigenvalue weighted by Gasteiger charge is 2.07. The van der Waals surface area contributed by atoms with Gasteiger partial charge in [-0.25, -0.2) is 4.98 Å². The van der Waals surface area contributed by atoms with Gasteiger partial charge in [0, 0.05) is 23.5 Å². The second kappa shape index (κ2) is 6.63. The Kier molecular flexibility index (Phi) is 4.21. The smallest absolute Gasteiger partial charge is 0.148 e. The first-order valence-corrected chi connectivity index (χ1v) is 7.17. The Morgan fingerprint density at radius 2 is 1.83 bits per heavy atom. The lowest BCUT2D eigenvalue weighted by Gasteiger charge is -2.10. The van der Waals surface area contributed by atoms with Crippen molar-refractivity contribution in [1.29, 1.82) is 5.26 Å². The van der Waals surface area contributed by atoms with Gasteiger partial charge < -0.3 is 10.1 Å². The van der Waals surface area contributed by atoms with Crippen LogP contribution >= 0.6 is 0 Å². The van der Waals surface area contributed by atoms with Crippen LogP contribution < -0.4 is 10.1 Å². The third-order valence-corrected chi connectivity index (χ3v) is 3.45. The lowest BCUT2D eigenvalue weighted by Crippen LogP contribution is -1.98. The van der Waals surface area contributed by atoms with Crippen LogP contribution in [0.2, 0.25) is 0 Å². The Labute approximate surface area is 135 Å². The molecule has 112 valence electrons. The van der Waals surface area contributed by atoms with E-state index in [1.165, 1.54) is 0 Å². The molecule has 0 unspecified atom stereocenters. The summed E-state index contributed by atoms with van der Waals surface area (Å²) in [6, 6.07) is 21.4. The van der Waals surface area contributed by atoms with Crippen LogP contribution in [0.25, 0.3) is 11.1 Å². The zero-order valence-electron chi connectivity index (χ0n) is 12.7. The van der Waals surface area contributed by atoms with E-state index in [1.807, 2.05) is 60.7 Å². The van der Waals surface area contributed by atoms with Crippen molar-refractivity contribution in [3.05, 3.63) is 72.4 Å². The molecular formula is C19H15N3O. The molecule has 4 heteroatoms. The molecule has 0 aliphatic carbocycles. The zero-order valence-corrected chi connectivity index (χ0v) is 12.7. The summed E-state index contributed by atoms with van der Waals surface area (Å²) in [6.45, 7) is 0. The molecule has 0 saturated carbocycles. The maximum atomic E-state index is 9.41. The van der Waals surface area contributed by atoms with Crippen LogP contribution in [-0.4, -0.2) is 12.1 Å². The number of aromatic nitrogens is 1. The first kappa shape index (κ1) is 14.6. The quantitative estimate of drug-likeness (QED) is 0.777. The Hall–Kier alpha value is -3.32. The number of nitrogens with one attached hydrogen (secondary N) is 1. The molecule has 1 aromatic heterocycles. The number of nitrogens with zero attached hydrogens (tertiary/aromatic N) is 2. The van der Waals surface area contributed by atoms with Gasteiger partial charge in [-0.15, -0.1) is 0 Å². The molecule has 0 spiro atoms. The van der Waals surface area contributed by atoms with E-state index >= 15 is 0 Å². The van der Waals surface area contributed by atoms with Crippen LogP contribution in [0, 0.1) is 11.3 Å². The van der Waals surface area contributed by atoms with Crippen molar-refractivity contribution >= 4 is 11.5 Å². The van der Waals surface area contributed by atoms with Gasteiger partial charge in [0.05, 0.1) is 12.7 Å². The number of methoxy groups -OCH3 is 1. The van der Waals surface area contributed by atoms with Gasteiger partial charge in [0.25, 0.3) is 0 Å². The second-order valence-corrected chi connectivity index (χ2v) is 4.95. The lowest BCUT2D eigenvalue weighted by atomic mass is 10.1. The molecule has 1 heterocycles. The third kappa shape index (κ3) is 3.30. The minimum Gasteiger partial charge on any atom is -0.497 e. The normalized spacial score (nSPS) is 9.91. The molecule has 0 aliphatic rings. The molecule has 0 radical (unpaired) electrons. The summed E-state index contributed by atoms with van der Waals surface area (Å²) in [6.07, 6.45) is 1.76. The molecule has 3 aromatic rings. The SMILES string of the molecule is COc1cccc(Nc2ncc(-c3ccccc3)cc2C#N)c1. The van der Waals surface area contributed by atoms with Crippen molar-refractivity contribution in [2.75, 3.05) is 12.4 Å². The highest BCUT2D eigenvalue weighted by molar-refractivity contribution is 5.70. The van der Waals surface area contributed by atoms with Gasteiger partial charge in [-0.05, 0) is 23.8 Å². The highest BCUT2D eigenvalue weighted by atomic mass is 16.5. The van der Waals surface area contributed by atoms with Gasteiger partial charge in [0.2, 0.25) is 0 Å². The van der Waals surface area contributed by atoms with E-state index in [9.17, 15) is 5.26 Å². The summed E-state index contributed by atoms with van der Waals surface area (Å²) in [5, 5.41) is 12.6. The highest BCUT2D eigenvalue weighted by Crippen LogP contribution is 2.26. The fraction of sp³-hybridized carbons (Fsp3) is 0.0526. The topological polar surface area (TPSA) is 57.9 Å². The van der Waals surface area contributed by atoms with Crippen molar-refractivity contribution < 1.29 is 4.74 Å². The first-order chi connectivity index (χ1) is 11.3. The number of nitriles is 1. The van der Waals surface area contributed by atoms with Crippen molar-refractivity contribution in [1.82, 2.24) is 4.98 Å². The van der Waals surface area contributed by atoms with Crippen LogP contribution in [0.4, 0.5) is 11.5 Å². The molecule has 3 rings (SSSR count). The Morgan fingerprint density at radius 1 is 1.00 bits per heavy atom. The van der Waals surface area contributed by atoms with Crippen LogP contribution in [0.3, 0.4) is 0 Å². The van der Waals surface area contributed by atoms with Gasteiger partial charge in [-0.1, -0.05) is 36.4 Å². The average molecular weight is 301 g/mol. The fourth-order valence-electron chi connectivity index (χ4n) is 2.28. The lowest BCUT2D eigenvalue weighted by molar-refractivity contribution is 0.415. The molecular weight excluding hydrogens is 286 g/mol. The summed E-state index contributed by atoms with van der Waals surface area (Å²) in [5.41, 5.74) is 3.26. The largest absolute Gasteiger partial charge is 0.497 e. The van der Waals surface area contributed by atoms with Gasteiger partial charge in [-0.2, -0.15) is 5.26 Å². The molecule has 0 bridgehead atoms. The maximum absolute atomic E-state index is 9.41. The number of rotatable bonds is 4. The summed E-state index contributed by atoms with van der Waals surface area (Å²) in [7, 11) is 1.62. The molecule has 0 atom stereocenters. The van der Waals surface area contributed by atoms with Gasteiger partial charge in [0.1, 0.15) is 17.6 Å². The van der Waals surface area contributed by atoms with Crippen LogP contribution in [0.1, 0.15) is 5.56 Å². The summed E-state index contributed by atoms with van der Waals surface area (Å²) in [4.78, 5) is 4.40. The van der Waals surface area contributed by atoms with Gasteiger partial charge >= 0.3 is 0 Å². The maximum Gasteiger partial charge on any atom is 0.148 e.